The number of H-pyrrole nitrogens is 1. The van der Waals surface area contributed by atoms with Crippen LogP contribution in [0.1, 0.15) is 15.9 Å². The van der Waals surface area contributed by atoms with E-state index in [9.17, 15) is 14.4 Å². The number of thioether (sulfide) groups is 1. The highest BCUT2D eigenvalue weighted by Gasteiger charge is 2.20. The molecule has 6 nitrogen and oxygen atoms in total. The first-order chi connectivity index (χ1) is 13.0. The number of anilines is 1. The highest BCUT2D eigenvalue weighted by atomic mass is 32.2. The number of benzene rings is 2. The Labute approximate surface area is 159 Å². The van der Waals surface area contributed by atoms with Crippen molar-refractivity contribution in [2.45, 2.75) is 11.9 Å². The number of hydrogen-bond donors (Lipinski definition) is 2. The molecule has 0 bridgehead atoms. The van der Waals surface area contributed by atoms with Gasteiger partial charge in [0, 0.05) is 11.1 Å². The number of para-hydroxylation sites is 1. The summed E-state index contributed by atoms with van der Waals surface area (Å²) in [6, 6.07) is 14.3. The van der Waals surface area contributed by atoms with E-state index in [1.165, 1.54) is 7.11 Å². The highest BCUT2D eigenvalue weighted by molar-refractivity contribution is 8.00. The van der Waals surface area contributed by atoms with E-state index in [2.05, 4.69) is 10.3 Å². The topological polar surface area (TPSA) is 88.3 Å². The lowest BCUT2D eigenvalue weighted by molar-refractivity contribution is -0.113. The van der Waals surface area contributed by atoms with Crippen LogP contribution in [0.5, 0.6) is 0 Å². The summed E-state index contributed by atoms with van der Waals surface area (Å²) in [6.45, 7) is 1.96. The normalized spacial score (nSPS) is 10.6. The molecule has 0 atom stereocenters. The van der Waals surface area contributed by atoms with Gasteiger partial charge in [-0.2, -0.15) is 0 Å². The van der Waals surface area contributed by atoms with Crippen molar-refractivity contribution in [3.8, 4) is 0 Å². The number of nitrogens with one attached hydrogen (secondary N) is 2. The first kappa shape index (κ1) is 18.7. The van der Waals surface area contributed by atoms with E-state index in [1.54, 1.807) is 24.3 Å². The zero-order chi connectivity index (χ0) is 19.4. The molecule has 0 radical (unpaired) electrons. The molecule has 138 valence electrons. The highest BCUT2D eigenvalue weighted by Crippen LogP contribution is 2.22. The van der Waals surface area contributed by atoms with Crippen molar-refractivity contribution in [3.63, 3.8) is 0 Å². The average molecular weight is 382 g/mol. The van der Waals surface area contributed by atoms with Crippen molar-refractivity contribution in [2.75, 3.05) is 18.2 Å². The van der Waals surface area contributed by atoms with E-state index in [0.717, 1.165) is 17.3 Å². The molecule has 0 aliphatic rings. The van der Waals surface area contributed by atoms with Crippen LogP contribution in [0.3, 0.4) is 0 Å². The number of esters is 1. The van der Waals surface area contributed by atoms with E-state index in [1.807, 2.05) is 31.2 Å². The lowest BCUT2D eigenvalue weighted by Gasteiger charge is -2.10. The minimum Gasteiger partial charge on any atom is -0.465 e. The van der Waals surface area contributed by atoms with Gasteiger partial charge in [0.25, 0.3) is 0 Å². The summed E-state index contributed by atoms with van der Waals surface area (Å²) >= 11 is 1.08. The molecular weight excluding hydrogens is 364 g/mol. The third-order valence-corrected chi connectivity index (χ3v) is 4.95. The summed E-state index contributed by atoms with van der Waals surface area (Å²) in [5, 5.41) is 3.49. The van der Waals surface area contributed by atoms with Crippen molar-refractivity contribution in [1.82, 2.24) is 4.98 Å². The summed E-state index contributed by atoms with van der Waals surface area (Å²) in [6.07, 6.45) is 0. The van der Waals surface area contributed by atoms with Gasteiger partial charge in [0.15, 0.2) is 0 Å². The van der Waals surface area contributed by atoms with E-state index >= 15 is 0 Å². The van der Waals surface area contributed by atoms with Gasteiger partial charge >= 0.3 is 5.97 Å². The summed E-state index contributed by atoms with van der Waals surface area (Å²) in [5.74, 6) is -0.941. The Balaban J connectivity index is 1.85. The summed E-state index contributed by atoms with van der Waals surface area (Å²) in [4.78, 5) is 40.1. The second-order valence-corrected chi connectivity index (χ2v) is 6.88. The molecule has 1 heterocycles. The lowest BCUT2D eigenvalue weighted by atomic mass is 10.1. The first-order valence-corrected chi connectivity index (χ1v) is 9.21. The molecule has 1 amide bonds. The van der Waals surface area contributed by atoms with Gasteiger partial charge in [-0.3, -0.25) is 9.59 Å². The Morgan fingerprint density at radius 3 is 2.52 bits per heavy atom. The number of aromatic nitrogens is 1. The van der Waals surface area contributed by atoms with Gasteiger partial charge in [0.05, 0.1) is 23.4 Å². The number of aryl methyl sites for hydroxylation is 1. The van der Waals surface area contributed by atoms with Crippen molar-refractivity contribution < 1.29 is 14.3 Å². The zero-order valence-corrected chi connectivity index (χ0v) is 15.7. The molecule has 0 unspecified atom stereocenters. The second-order valence-electron chi connectivity index (χ2n) is 5.90. The summed E-state index contributed by atoms with van der Waals surface area (Å²) in [5.41, 5.74) is 1.86. The number of rotatable bonds is 5. The summed E-state index contributed by atoms with van der Waals surface area (Å²) < 4.78 is 4.75. The third-order valence-electron chi connectivity index (χ3n) is 3.95. The monoisotopic (exact) mass is 382 g/mol. The zero-order valence-electron chi connectivity index (χ0n) is 14.9. The predicted molar refractivity (Wildman–Crippen MR) is 106 cm³/mol. The van der Waals surface area contributed by atoms with Crippen LogP contribution in [-0.2, 0) is 9.53 Å². The van der Waals surface area contributed by atoms with Crippen LogP contribution in [0.15, 0.2) is 58.4 Å². The third kappa shape index (κ3) is 4.20. The SMILES string of the molecule is COC(=O)c1c(SCC(=O)Nc2ccc(C)cc2)[nH]c2ccccc2c1=O. The molecule has 1 aromatic heterocycles. The van der Waals surface area contributed by atoms with Crippen LogP contribution in [0, 0.1) is 6.92 Å². The Kier molecular flexibility index (Phi) is 5.61. The van der Waals surface area contributed by atoms with E-state index < -0.39 is 11.4 Å². The molecule has 3 aromatic rings. The fourth-order valence-electron chi connectivity index (χ4n) is 2.58. The fraction of sp³-hybridized carbons (Fsp3) is 0.150. The molecule has 0 saturated heterocycles. The number of hydrogen-bond acceptors (Lipinski definition) is 5. The van der Waals surface area contributed by atoms with Gasteiger partial charge in [0.2, 0.25) is 11.3 Å². The maximum absolute atomic E-state index is 12.7. The average Bonchev–Trinajstić information content (AvgIpc) is 2.68. The van der Waals surface area contributed by atoms with Gasteiger partial charge < -0.3 is 15.0 Å². The van der Waals surface area contributed by atoms with Gasteiger partial charge in [-0.05, 0) is 31.2 Å². The predicted octanol–water partition coefficient (Wildman–Crippen LogP) is 3.35. The molecule has 2 N–H and O–H groups in total. The molecule has 27 heavy (non-hydrogen) atoms. The van der Waals surface area contributed by atoms with Crippen LogP contribution in [-0.4, -0.2) is 29.7 Å². The first-order valence-electron chi connectivity index (χ1n) is 8.22. The number of fused-ring (bicyclic) bond motifs is 1. The number of carbonyl (C=O) groups excluding carboxylic acids is 2. The molecule has 0 aliphatic heterocycles. The quantitative estimate of drug-likeness (QED) is 0.522. The smallest absolute Gasteiger partial charge is 0.344 e. The van der Waals surface area contributed by atoms with Crippen LogP contribution in [0.25, 0.3) is 10.9 Å². The fourth-order valence-corrected chi connectivity index (χ4v) is 3.43. The Morgan fingerprint density at radius 1 is 1.11 bits per heavy atom. The maximum Gasteiger partial charge on any atom is 0.344 e. The van der Waals surface area contributed by atoms with Gasteiger partial charge in [-0.15, -0.1) is 0 Å². The van der Waals surface area contributed by atoms with E-state index in [0.29, 0.717) is 21.6 Å². The summed E-state index contributed by atoms with van der Waals surface area (Å²) in [7, 11) is 1.22. The molecular formula is C20H18N2O4S. The Hall–Kier alpha value is -3.06. The number of pyridine rings is 1. The Bertz CT molecular complexity index is 1060. The van der Waals surface area contributed by atoms with Crippen LogP contribution >= 0.6 is 11.8 Å². The number of carbonyl (C=O) groups is 2. The molecule has 0 spiro atoms. The van der Waals surface area contributed by atoms with Gasteiger partial charge in [0.1, 0.15) is 5.56 Å². The minimum atomic E-state index is -0.733. The van der Waals surface area contributed by atoms with Crippen molar-refractivity contribution in [3.05, 3.63) is 69.9 Å². The van der Waals surface area contributed by atoms with Crippen LogP contribution < -0.4 is 10.7 Å². The molecule has 0 aliphatic carbocycles. The minimum absolute atomic E-state index is 0.0339. The van der Waals surface area contributed by atoms with Crippen LogP contribution in [0.4, 0.5) is 5.69 Å². The number of amides is 1. The number of ether oxygens (including phenoxy) is 1. The van der Waals surface area contributed by atoms with Gasteiger partial charge in [-0.25, -0.2) is 4.79 Å². The maximum atomic E-state index is 12.7. The van der Waals surface area contributed by atoms with Crippen molar-refractivity contribution in [1.29, 1.82) is 0 Å². The standard InChI is InChI=1S/C20H18N2O4S/c1-12-7-9-13(10-8-12)21-16(23)11-27-19-17(20(25)26-2)18(24)14-5-3-4-6-15(14)22-19/h3-10H,11H2,1-2H3,(H,21,23)(H,22,24). The van der Waals surface area contributed by atoms with Crippen molar-refractivity contribution >= 4 is 40.2 Å². The largest absolute Gasteiger partial charge is 0.465 e. The van der Waals surface area contributed by atoms with Gasteiger partial charge in [-0.1, -0.05) is 41.6 Å². The molecule has 2 aromatic carbocycles. The molecule has 0 fully saturated rings. The number of aromatic amines is 1. The lowest BCUT2D eigenvalue weighted by Crippen LogP contribution is -2.20. The Morgan fingerprint density at radius 2 is 1.81 bits per heavy atom. The number of methoxy groups -OCH3 is 1. The van der Waals surface area contributed by atoms with E-state index in [-0.39, 0.29) is 17.2 Å². The molecule has 7 heteroatoms. The van der Waals surface area contributed by atoms with Crippen molar-refractivity contribution in [2.24, 2.45) is 0 Å². The molecule has 0 saturated carbocycles. The second kappa shape index (κ2) is 8.09. The van der Waals surface area contributed by atoms with E-state index in [4.69, 9.17) is 4.74 Å². The van der Waals surface area contributed by atoms with Crippen LogP contribution in [0.2, 0.25) is 0 Å². The molecule has 3 rings (SSSR count).